The average molecular weight is 593 g/mol. The van der Waals surface area contributed by atoms with E-state index in [1.165, 1.54) is 4.90 Å². The summed E-state index contributed by atoms with van der Waals surface area (Å²) in [6, 6.07) is 7.08. The van der Waals surface area contributed by atoms with Crippen LogP contribution in [0, 0.1) is 7.05 Å². The summed E-state index contributed by atoms with van der Waals surface area (Å²) in [4.78, 5) is 54.8. The van der Waals surface area contributed by atoms with E-state index in [2.05, 4.69) is 4.90 Å². The van der Waals surface area contributed by atoms with Gasteiger partial charge in [-0.2, -0.15) is 0 Å². The molecule has 1 aliphatic rings. The molecule has 1 aromatic rings. The van der Waals surface area contributed by atoms with Crippen LogP contribution in [0.2, 0.25) is 0 Å². The summed E-state index contributed by atoms with van der Waals surface area (Å²) in [6.45, 7) is 2.29. The van der Waals surface area contributed by atoms with Crippen LogP contribution in [0.4, 0.5) is 5.69 Å². The molecule has 0 amide bonds. The molecule has 1 saturated heterocycles. The van der Waals surface area contributed by atoms with Crippen molar-refractivity contribution in [3.63, 3.8) is 0 Å². The van der Waals surface area contributed by atoms with Gasteiger partial charge in [0, 0.05) is 77.7 Å². The lowest BCUT2D eigenvalue weighted by Crippen LogP contribution is -2.51. The van der Waals surface area contributed by atoms with Crippen LogP contribution in [0.5, 0.6) is 0 Å². The van der Waals surface area contributed by atoms with Gasteiger partial charge < -0.3 is 26.2 Å². The lowest BCUT2D eigenvalue weighted by Gasteiger charge is -2.36. The van der Waals surface area contributed by atoms with Crippen molar-refractivity contribution in [3.05, 3.63) is 36.9 Å². The van der Waals surface area contributed by atoms with E-state index in [1.807, 2.05) is 24.3 Å². The first-order valence-electron chi connectivity index (χ1n) is 14.0. The maximum atomic E-state index is 11.7. The first-order valence-corrected chi connectivity index (χ1v) is 14.0. The number of aliphatic carboxylic acids is 4. The third-order valence-corrected chi connectivity index (χ3v) is 7.23. The Morgan fingerprint density at radius 2 is 1.19 bits per heavy atom. The van der Waals surface area contributed by atoms with Crippen molar-refractivity contribution in [1.82, 2.24) is 24.5 Å². The van der Waals surface area contributed by atoms with Gasteiger partial charge in [-0.1, -0.05) is 12.1 Å². The number of carboxylic acid groups (broad SMARTS) is 4. The first kappa shape index (κ1) is 34.9. The Bertz CT molecular complexity index is 995. The molecule has 1 aliphatic heterocycles. The van der Waals surface area contributed by atoms with Crippen LogP contribution in [0.15, 0.2) is 24.3 Å². The highest BCUT2D eigenvalue weighted by Gasteiger charge is 2.26. The van der Waals surface area contributed by atoms with Gasteiger partial charge in [-0.15, -0.1) is 0 Å². The molecule has 0 saturated carbocycles. The molecule has 0 spiro atoms. The zero-order valence-electron chi connectivity index (χ0n) is 24.0. The number of hydrogen-bond acceptors (Lipinski definition) is 10. The van der Waals surface area contributed by atoms with E-state index in [0.29, 0.717) is 83.9 Å². The van der Waals surface area contributed by atoms with Crippen molar-refractivity contribution in [2.75, 3.05) is 90.8 Å². The monoisotopic (exact) mass is 592 g/mol. The van der Waals surface area contributed by atoms with Crippen LogP contribution in [0.3, 0.4) is 0 Å². The minimum atomic E-state index is -1.12. The number of carboxylic acids is 4. The molecule has 42 heavy (non-hydrogen) atoms. The summed E-state index contributed by atoms with van der Waals surface area (Å²) in [5.74, 6) is -4.22. The summed E-state index contributed by atoms with van der Waals surface area (Å²) in [7, 11) is 6.21. The van der Waals surface area contributed by atoms with Gasteiger partial charge in [0.2, 0.25) is 0 Å². The number of rotatable bonds is 15. The Hall–Kier alpha value is -3.30. The lowest BCUT2D eigenvalue weighted by molar-refractivity contribution is -0.143. The van der Waals surface area contributed by atoms with E-state index >= 15 is 0 Å². The van der Waals surface area contributed by atoms with Crippen molar-refractivity contribution in [1.29, 1.82) is 0 Å². The molecule has 2 rings (SSSR count). The van der Waals surface area contributed by atoms with Crippen LogP contribution >= 0.6 is 0 Å². The Morgan fingerprint density at radius 1 is 0.738 bits per heavy atom. The van der Waals surface area contributed by atoms with Crippen LogP contribution in [0.1, 0.15) is 18.4 Å². The maximum Gasteiger partial charge on any atom is 0.317 e. The third kappa shape index (κ3) is 14.5. The van der Waals surface area contributed by atoms with Crippen LogP contribution in [-0.2, 0) is 25.6 Å². The minimum Gasteiger partial charge on any atom is -0.480 e. The van der Waals surface area contributed by atoms with Crippen LogP contribution in [0.25, 0.3) is 0 Å². The molecule has 14 nitrogen and oxygen atoms in total. The molecule has 14 heteroatoms. The molecule has 1 fully saturated rings. The zero-order valence-corrected chi connectivity index (χ0v) is 24.0. The molecule has 0 aliphatic carbocycles. The third-order valence-electron chi connectivity index (χ3n) is 7.23. The molecule has 6 N–H and O–H groups in total. The summed E-state index contributed by atoms with van der Waals surface area (Å²) in [5, 5.41) is 37.8. The van der Waals surface area contributed by atoms with E-state index in [-0.39, 0.29) is 13.1 Å². The zero-order chi connectivity index (χ0) is 31.1. The highest BCUT2D eigenvalue weighted by molar-refractivity contribution is 5.72. The number of carbonyl (C=O) groups is 4. The lowest BCUT2D eigenvalue weighted by atomic mass is 10.0. The second-order valence-electron chi connectivity index (χ2n) is 10.7. The molecule has 1 atom stereocenters. The average Bonchev–Trinajstić information content (AvgIpc) is 2.89. The van der Waals surface area contributed by atoms with Gasteiger partial charge in [0.25, 0.3) is 0 Å². The number of nitrogens with two attached hydrogens (primary N) is 1. The topological polar surface area (TPSA) is 191 Å². The van der Waals surface area contributed by atoms with E-state index in [9.17, 15) is 39.6 Å². The number of anilines is 1. The standard InChI is InChI=1S/C28H44N6O8/c1-30-9-11-31(13-14-33(19-26(37)38)16-15-32(12-10-30)18-25(35)36)17-24(34(20-27(39)40)21-28(41)42)4-2-3-22-5-7-23(29)8-6-22/h1,5-8,24H,2-4,9-21,29H2,(H,35,36)(H,37,38)(H,39,40)(H,41,42). The van der Waals surface area contributed by atoms with E-state index in [1.54, 1.807) is 14.7 Å². The van der Waals surface area contributed by atoms with Gasteiger partial charge in [-0.25, -0.2) is 0 Å². The van der Waals surface area contributed by atoms with E-state index < -0.39 is 43.0 Å². The number of aryl methyl sites for hydroxylation is 1. The van der Waals surface area contributed by atoms with E-state index in [0.717, 1.165) is 5.56 Å². The normalized spacial score (nSPS) is 17.8. The molecule has 234 valence electrons. The van der Waals surface area contributed by atoms with Gasteiger partial charge in [-0.3, -0.25) is 43.7 Å². The fraction of sp³-hybridized carbons (Fsp3) is 0.607. The van der Waals surface area contributed by atoms with Crippen molar-refractivity contribution in [2.24, 2.45) is 0 Å². The fourth-order valence-corrected chi connectivity index (χ4v) is 5.01. The Labute approximate surface area is 246 Å². The number of benzene rings is 1. The second-order valence-corrected chi connectivity index (χ2v) is 10.7. The van der Waals surface area contributed by atoms with Crippen LogP contribution < -0.4 is 5.73 Å². The highest BCUT2D eigenvalue weighted by atomic mass is 16.4. The van der Waals surface area contributed by atoms with E-state index in [4.69, 9.17) is 12.8 Å². The van der Waals surface area contributed by atoms with Crippen molar-refractivity contribution in [3.8, 4) is 0 Å². The van der Waals surface area contributed by atoms with Crippen molar-refractivity contribution < 1.29 is 39.6 Å². The summed E-state index contributed by atoms with van der Waals surface area (Å²) in [6.07, 6.45) is 1.93. The quantitative estimate of drug-likeness (QED) is 0.164. The minimum absolute atomic E-state index is 0.179. The second kappa shape index (κ2) is 18.3. The SMILES string of the molecule is [CH]N1CCN(CC(=O)O)CCN(CC(=O)O)CCN(CC(CCCc2ccc(N)cc2)N(CC(=O)O)CC(=O)O)CC1. The summed E-state index contributed by atoms with van der Waals surface area (Å²) in [5.41, 5.74) is 7.50. The molecular weight excluding hydrogens is 548 g/mol. The predicted molar refractivity (Wildman–Crippen MR) is 155 cm³/mol. The molecular formula is C28H44N6O8. The van der Waals surface area contributed by atoms with Crippen LogP contribution in [-0.4, -0.2) is 160 Å². The maximum absolute atomic E-state index is 11.7. The summed E-state index contributed by atoms with van der Waals surface area (Å²) >= 11 is 0. The summed E-state index contributed by atoms with van der Waals surface area (Å²) < 4.78 is 0. The van der Waals surface area contributed by atoms with Gasteiger partial charge in [0.1, 0.15) is 0 Å². The largest absolute Gasteiger partial charge is 0.480 e. The Morgan fingerprint density at radius 3 is 1.67 bits per heavy atom. The highest BCUT2D eigenvalue weighted by Crippen LogP contribution is 2.15. The van der Waals surface area contributed by atoms with Crippen molar-refractivity contribution >= 4 is 29.6 Å². The Balaban J connectivity index is 2.22. The molecule has 0 bridgehead atoms. The smallest absolute Gasteiger partial charge is 0.317 e. The van der Waals surface area contributed by atoms with Gasteiger partial charge in [0.15, 0.2) is 0 Å². The first-order chi connectivity index (χ1) is 19.9. The molecule has 0 aromatic heterocycles. The van der Waals surface area contributed by atoms with Gasteiger partial charge in [-0.05, 0) is 37.0 Å². The fourth-order valence-electron chi connectivity index (χ4n) is 5.01. The Kier molecular flexibility index (Phi) is 15.2. The van der Waals surface area contributed by atoms with Crippen molar-refractivity contribution in [2.45, 2.75) is 25.3 Å². The number of nitrogens with zero attached hydrogens (tertiary/aromatic N) is 5. The van der Waals surface area contributed by atoms with Gasteiger partial charge in [0.05, 0.1) is 26.2 Å². The number of hydrogen-bond donors (Lipinski definition) is 5. The molecule has 1 heterocycles. The molecule has 2 radical (unpaired) electrons. The predicted octanol–water partition coefficient (Wildman–Crippen LogP) is -0.509. The number of nitrogen functional groups attached to an aromatic ring is 1. The molecule has 1 unspecified atom stereocenters. The molecule has 1 aromatic carbocycles. The van der Waals surface area contributed by atoms with Gasteiger partial charge >= 0.3 is 23.9 Å².